The lowest BCUT2D eigenvalue weighted by Crippen LogP contribution is -2.35. The minimum atomic E-state index is 0.622. The zero-order chi connectivity index (χ0) is 13.1. The number of hydrogen-bond acceptors (Lipinski definition) is 3. The second kappa shape index (κ2) is 5.70. The van der Waals surface area contributed by atoms with Crippen molar-refractivity contribution in [3.8, 4) is 0 Å². The molecule has 0 radical (unpaired) electrons. The van der Waals surface area contributed by atoms with Gasteiger partial charge in [-0.05, 0) is 51.8 Å². The summed E-state index contributed by atoms with van der Waals surface area (Å²) in [5.41, 5.74) is 2.44. The van der Waals surface area contributed by atoms with Gasteiger partial charge in [-0.1, -0.05) is 13.0 Å². The van der Waals surface area contributed by atoms with Crippen molar-refractivity contribution in [3.05, 3.63) is 23.4 Å². The van der Waals surface area contributed by atoms with E-state index in [-0.39, 0.29) is 0 Å². The molecule has 0 saturated carbocycles. The van der Waals surface area contributed by atoms with Crippen LogP contribution in [0.25, 0.3) is 0 Å². The Balaban J connectivity index is 2.25. The van der Waals surface area contributed by atoms with E-state index in [1.54, 1.807) is 0 Å². The highest BCUT2D eigenvalue weighted by Crippen LogP contribution is 2.31. The van der Waals surface area contributed by atoms with Crippen molar-refractivity contribution >= 4 is 5.82 Å². The van der Waals surface area contributed by atoms with Crippen LogP contribution in [0.1, 0.15) is 44.4 Å². The van der Waals surface area contributed by atoms with Crippen LogP contribution < -0.4 is 10.2 Å². The van der Waals surface area contributed by atoms with Crippen LogP contribution in [-0.4, -0.2) is 24.1 Å². The summed E-state index contributed by atoms with van der Waals surface area (Å²) in [4.78, 5) is 7.32. The summed E-state index contributed by atoms with van der Waals surface area (Å²) >= 11 is 0. The normalized spacial score (nSPS) is 23.7. The Bertz CT molecular complexity index is 403. The summed E-state index contributed by atoms with van der Waals surface area (Å²) in [6.45, 7) is 7.59. The lowest BCUT2D eigenvalue weighted by atomic mass is 10.1. The van der Waals surface area contributed by atoms with Crippen molar-refractivity contribution in [2.24, 2.45) is 0 Å². The second-order valence-electron chi connectivity index (χ2n) is 5.34. The van der Waals surface area contributed by atoms with E-state index >= 15 is 0 Å². The van der Waals surface area contributed by atoms with E-state index in [4.69, 9.17) is 4.98 Å². The molecule has 1 fully saturated rings. The first-order chi connectivity index (χ1) is 8.67. The largest absolute Gasteiger partial charge is 0.351 e. The molecule has 1 aromatic rings. The summed E-state index contributed by atoms with van der Waals surface area (Å²) in [6, 6.07) is 5.69. The Labute approximate surface area is 111 Å². The molecule has 18 heavy (non-hydrogen) atoms. The Hall–Kier alpha value is -1.09. The maximum absolute atomic E-state index is 4.81. The Morgan fingerprint density at radius 2 is 2.17 bits per heavy atom. The first-order valence-corrected chi connectivity index (χ1v) is 7.06. The van der Waals surface area contributed by atoms with Crippen LogP contribution in [-0.2, 0) is 6.54 Å². The van der Waals surface area contributed by atoms with Crippen LogP contribution in [0.2, 0.25) is 0 Å². The summed E-state index contributed by atoms with van der Waals surface area (Å²) in [5.74, 6) is 1.16. The molecule has 0 bridgehead atoms. The van der Waals surface area contributed by atoms with Gasteiger partial charge in [-0.2, -0.15) is 0 Å². The van der Waals surface area contributed by atoms with Gasteiger partial charge in [0.05, 0.1) is 0 Å². The van der Waals surface area contributed by atoms with Gasteiger partial charge in [0.15, 0.2) is 0 Å². The molecule has 1 aromatic heterocycles. The molecule has 0 aromatic carbocycles. The Morgan fingerprint density at radius 1 is 1.39 bits per heavy atom. The molecule has 2 rings (SSSR count). The minimum absolute atomic E-state index is 0.622. The molecule has 2 heterocycles. The molecule has 0 spiro atoms. The molecule has 1 aliphatic rings. The number of aromatic nitrogens is 1. The third-order valence-corrected chi connectivity index (χ3v) is 4.07. The van der Waals surface area contributed by atoms with Crippen molar-refractivity contribution < 1.29 is 0 Å². The van der Waals surface area contributed by atoms with Crippen molar-refractivity contribution in [3.63, 3.8) is 0 Å². The number of pyridine rings is 1. The number of anilines is 1. The van der Waals surface area contributed by atoms with Gasteiger partial charge in [0, 0.05) is 24.3 Å². The number of rotatable bonds is 4. The summed E-state index contributed by atoms with van der Waals surface area (Å²) in [5, 5.41) is 3.19. The average Bonchev–Trinajstić information content (AvgIpc) is 2.73. The first kappa shape index (κ1) is 13.3. The standard InChI is InChI=1S/C15H25N3/c1-5-14-8-6-11(2)18(14)15-9-7-13(10-16-4)12(3)17-15/h7,9,11,14,16H,5-6,8,10H2,1-4H3. The van der Waals surface area contributed by atoms with Gasteiger partial charge in [0.25, 0.3) is 0 Å². The third kappa shape index (κ3) is 2.51. The van der Waals surface area contributed by atoms with Gasteiger partial charge in [-0.25, -0.2) is 4.98 Å². The Morgan fingerprint density at radius 3 is 2.78 bits per heavy atom. The van der Waals surface area contributed by atoms with Gasteiger partial charge < -0.3 is 10.2 Å². The van der Waals surface area contributed by atoms with Crippen LogP contribution in [0.4, 0.5) is 5.82 Å². The van der Waals surface area contributed by atoms with E-state index < -0.39 is 0 Å². The molecule has 0 amide bonds. The average molecular weight is 247 g/mol. The lowest BCUT2D eigenvalue weighted by molar-refractivity contribution is 0.620. The molecule has 100 valence electrons. The zero-order valence-corrected chi connectivity index (χ0v) is 12.0. The SMILES string of the molecule is CCC1CCC(C)N1c1ccc(CNC)c(C)n1. The van der Waals surface area contributed by atoms with Gasteiger partial charge in [0.1, 0.15) is 5.82 Å². The monoisotopic (exact) mass is 247 g/mol. The van der Waals surface area contributed by atoms with Gasteiger partial charge >= 0.3 is 0 Å². The smallest absolute Gasteiger partial charge is 0.129 e. The molecular weight excluding hydrogens is 222 g/mol. The molecule has 2 unspecified atom stereocenters. The maximum Gasteiger partial charge on any atom is 0.129 e. The summed E-state index contributed by atoms with van der Waals surface area (Å²) in [7, 11) is 1.98. The Kier molecular flexibility index (Phi) is 4.23. The zero-order valence-electron chi connectivity index (χ0n) is 12.0. The fraction of sp³-hybridized carbons (Fsp3) is 0.667. The molecule has 1 N–H and O–H groups in total. The fourth-order valence-electron chi connectivity index (χ4n) is 2.98. The highest BCUT2D eigenvalue weighted by molar-refractivity contribution is 5.45. The molecule has 1 saturated heterocycles. The molecular formula is C15H25N3. The molecule has 3 heteroatoms. The van der Waals surface area contributed by atoms with E-state index in [1.165, 1.54) is 24.8 Å². The highest BCUT2D eigenvalue weighted by atomic mass is 15.3. The maximum atomic E-state index is 4.81. The predicted molar refractivity (Wildman–Crippen MR) is 77.0 cm³/mol. The van der Waals surface area contributed by atoms with E-state index in [0.29, 0.717) is 12.1 Å². The number of hydrogen-bond donors (Lipinski definition) is 1. The molecule has 0 aliphatic carbocycles. The van der Waals surface area contributed by atoms with Gasteiger partial charge in [-0.15, -0.1) is 0 Å². The second-order valence-corrected chi connectivity index (χ2v) is 5.34. The van der Waals surface area contributed by atoms with E-state index in [2.05, 4.69) is 43.1 Å². The van der Waals surface area contributed by atoms with Crippen molar-refractivity contribution in [2.75, 3.05) is 11.9 Å². The van der Waals surface area contributed by atoms with E-state index in [1.807, 2.05) is 7.05 Å². The number of nitrogens with zero attached hydrogens (tertiary/aromatic N) is 2. The van der Waals surface area contributed by atoms with E-state index in [0.717, 1.165) is 18.1 Å². The molecule has 3 nitrogen and oxygen atoms in total. The summed E-state index contributed by atoms with van der Waals surface area (Å²) < 4.78 is 0. The van der Waals surface area contributed by atoms with Crippen LogP contribution >= 0.6 is 0 Å². The third-order valence-electron chi connectivity index (χ3n) is 4.07. The highest BCUT2D eigenvalue weighted by Gasteiger charge is 2.30. The lowest BCUT2D eigenvalue weighted by Gasteiger charge is -2.29. The van der Waals surface area contributed by atoms with Crippen LogP contribution in [0.15, 0.2) is 12.1 Å². The van der Waals surface area contributed by atoms with E-state index in [9.17, 15) is 0 Å². The summed E-state index contributed by atoms with van der Waals surface area (Å²) in [6.07, 6.45) is 3.80. The van der Waals surface area contributed by atoms with Gasteiger partial charge in [-0.3, -0.25) is 0 Å². The first-order valence-electron chi connectivity index (χ1n) is 7.06. The minimum Gasteiger partial charge on any atom is -0.351 e. The van der Waals surface area contributed by atoms with Crippen molar-refractivity contribution in [1.82, 2.24) is 10.3 Å². The predicted octanol–water partition coefficient (Wildman–Crippen LogP) is 2.88. The van der Waals surface area contributed by atoms with Crippen LogP contribution in [0, 0.1) is 6.92 Å². The number of nitrogens with one attached hydrogen (secondary N) is 1. The van der Waals surface area contributed by atoms with Crippen molar-refractivity contribution in [1.29, 1.82) is 0 Å². The fourth-order valence-corrected chi connectivity index (χ4v) is 2.98. The number of aryl methyl sites for hydroxylation is 1. The molecule has 2 atom stereocenters. The van der Waals surface area contributed by atoms with Crippen LogP contribution in [0.5, 0.6) is 0 Å². The van der Waals surface area contributed by atoms with Crippen molar-refractivity contribution in [2.45, 2.75) is 58.7 Å². The quantitative estimate of drug-likeness (QED) is 0.886. The topological polar surface area (TPSA) is 28.2 Å². The molecule has 1 aliphatic heterocycles. The van der Waals surface area contributed by atoms with Crippen LogP contribution in [0.3, 0.4) is 0 Å². The van der Waals surface area contributed by atoms with Gasteiger partial charge in [0.2, 0.25) is 0 Å².